The minimum atomic E-state index is -3.56. The van der Waals surface area contributed by atoms with Gasteiger partial charge in [-0.25, -0.2) is 13.6 Å². The fraction of sp³-hybridized carbons (Fsp3) is 0.462. The molecular formula is C13H18N2O2S2. The van der Waals surface area contributed by atoms with Gasteiger partial charge in [0.15, 0.2) is 0 Å². The Morgan fingerprint density at radius 3 is 2.53 bits per heavy atom. The molecule has 0 bridgehead atoms. The highest BCUT2D eigenvalue weighted by Gasteiger charge is 2.30. The Hall–Kier alpha value is -0.850. The van der Waals surface area contributed by atoms with E-state index in [1.54, 1.807) is 0 Å². The second-order valence-electron chi connectivity index (χ2n) is 5.06. The van der Waals surface area contributed by atoms with Crippen LogP contribution in [0.3, 0.4) is 0 Å². The minimum absolute atomic E-state index is 0.425. The summed E-state index contributed by atoms with van der Waals surface area (Å²) in [7, 11) is -4.56. The maximum atomic E-state index is 11.8. The lowest BCUT2D eigenvalue weighted by Gasteiger charge is -2.31. The van der Waals surface area contributed by atoms with E-state index in [0.29, 0.717) is 6.04 Å². The molecule has 3 rings (SSSR count). The molecule has 0 amide bonds. The van der Waals surface area contributed by atoms with Crippen LogP contribution in [0.25, 0.3) is 0 Å². The van der Waals surface area contributed by atoms with Crippen LogP contribution < -0.4 is 10.0 Å². The van der Waals surface area contributed by atoms with Gasteiger partial charge in [0, 0.05) is 16.4 Å². The second kappa shape index (κ2) is 4.92. The van der Waals surface area contributed by atoms with E-state index in [-0.39, 0.29) is 0 Å². The molecule has 1 aromatic rings. The predicted molar refractivity (Wildman–Crippen MR) is 80.8 cm³/mol. The molecule has 2 aliphatic rings. The standard InChI is InChI=1S/C13H18N2O2S2/c14-19(16,17)18-10-15(11-6-2-1-3-7-11)12-8-4-5-9-13(12)18/h4-5,8-11H,1-3,6-7H2,(H2,14,16,17). The van der Waals surface area contributed by atoms with Crippen LogP contribution in [0.5, 0.6) is 0 Å². The van der Waals surface area contributed by atoms with Crippen molar-refractivity contribution in [1.29, 1.82) is 0 Å². The summed E-state index contributed by atoms with van der Waals surface area (Å²) in [4.78, 5) is 3.00. The highest BCUT2D eigenvalue weighted by atomic mass is 33.2. The van der Waals surface area contributed by atoms with E-state index in [1.807, 2.05) is 29.8 Å². The number of benzene rings is 1. The lowest BCUT2D eigenvalue weighted by atomic mass is 9.94. The number of anilines is 1. The molecule has 1 aliphatic carbocycles. The first kappa shape index (κ1) is 13.1. The molecule has 0 aromatic heterocycles. The number of nitrogens with two attached hydrogens (primary N) is 1. The maximum absolute atomic E-state index is 11.8. The summed E-state index contributed by atoms with van der Waals surface area (Å²) in [6, 6.07) is 8.13. The smallest absolute Gasteiger partial charge is 0.262 e. The highest BCUT2D eigenvalue weighted by Crippen LogP contribution is 2.45. The van der Waals surface area contributed by atoms with Gasteiger partial charge in [0.1, 0.15) is 0 Å². The molecule has 0 spiro atoms. The van der Waals surface area contributed by atoms with Crippen molar-refractivity contribution in [2.75, 3.05) is 4.90 Å². The lowest BCUT2D eigenvalue weighted by molar-refractivity contribution is 0.442. The van der Waals surface area contributed by atoms with Crippen molar-refractivity contribution >= 4 is 29.8 Å². The minimum Gasteiger partial charge on any atom is -0.338 e. The van der Waals surface area contributed by atoms with Crippen molar-refractivity contribution in [3.05, 3.63) is 24.3 Å². The number of hydrogen-bond donors (Lipinski definition) is 1. The molecule has 1 unspecified atom stereocenters. The van der Waals surface area contributed by atoms with Crippen molar-refractivity contribution < 1.29 is 8.42 Å². The van der Waals surface area contributed by atoms with E-state index in [4.69, 9.17) is 5.14 Å². The Balaban J connectivity index is 2.04. The molecule has 19 heavy (non-hydrogen) atoms. The number of fused-ring (bicyclic) bond motifs is 1. The third-order valence-corrected chi connectivity index (χ3v) is 7.78. The molecule has 0 saturated heterocycles. The van der Waals surface area contributed by atoms with Crippen molar-refractivity contribution in [1.82, 2.24) is 0 Å². The van der Waals surface area contributed by atoms with E-state index in [2.05, 4.69) is 4.90 Å². The summed E-state index contributed by atoms with van der Waals surface area (Å²) >= 11 is 0. The van der Waals surface area contributed by atoms with Crippen LogP contribution in [0.2, 0.25) is 0 Å². The Labute approximate surface area is 116 Å². The summed E-state index contributed by atoms with van der Waals surface area (Å²) in [6.45, 7) is 0. The zero-order valence-electron chi connectivity index (χ0n) is 10.7. The average Bonchev–Trinajstić information content (AvgIpc) is 2.79. The van der Waals surface area contributed by atoms with Crippen LogP contribution in [-0.2, 0) is 9.06 Å². The average molecular weight is 298 g/mol. The first-order valence-corrected chi connectivity index (χ1v) is 9.91. The van der Waals surface area contributed by atoms with Crippen molar-refractivity contribution in [3.8, 4) is 0 Å². The molecule has 1 heterocycles. The van der Waals surface area contributed by atoms with Gasteiger partial charge in [0.2, 0.25) is 0 Å². The molecule has 4 nitrogen and oxygen atoms in total. The lowest BCUT2D eigenvalue weighted by Crippen LogP contribution is -2.34. The number of nitrogens with zero attached hydrogens (tertiary/aromatic N) is 1. The number of rotatable bonds is 2. The highest BCUT2D eigenvalue weighted by molar-refractivity contribution is 8.78. The van der Waals surface area contributed by atoms with Gasteiger partial charge in [-0.15, -0.1) is 0 Å². The van der Waals surface area contributed by atoms with Crippen LogP contribution in [0, 0.1) is 0 Å². The van der Waals surface area contributed by atoms with Crippen LogP contribution in [0.15, 0.2) is 29.2 Å². The molecule has 2 N–H and O–H groups in total. The Morgan fingerprint density at radius 2 is 1.84 bits per heavy atom. The quantitative estimate of drug-likeness (QED) is 0.674. The second-order valence-corrected chi connectivity index (χ2v) is 9.76. The van der Waals surface area contributed by atoms with Gasteiger partial charge in [-0.05, 0) is 34.5 Å². The first-order valence-electron chi connectivity index (χ1n) is 6.56. The van der Waals surface area contributed by atoms with E-state index in [9.17, 15) is 8.42 Å². The van der Waals surface area contributed by atoms with Crippen LogP contribution in [0.4, 0.5) is 5.69 Å². The molecule has 6 heteroatoms. The largest absolute Gasteiger partial charge is 0.338 e. The van der Waals surface area contributed by atoms with E-state index >= 15 is 0 Å². The monoisotopic (exact) mass is 298 g/mol. The normalized spacial score (nSPS) is 24.1. The van der Waals surface area contributed by atoms with Gasteiger partial charge in [0.25, 0.3) is 9.06 Å². The maximum Gasteiger partial charge on any atom is 0.262 e. The summed E-state index contributed by atoms with van der Waals surface area (Å²) < 4.78 is 23.5. The van der Waals surface area contributed by atoms with Crippen molar-refractivity contribution in [2.45, 2.75) is 43.0 Å². The van der Waals surface area contributed by atoms with Crippen LogP contribution in [-0.4, -0.2) is 20.0 Å². The molecule has 1 aliphatic heterocycles. The van der Waals surface area contributed by atoms with Gasteiger partial charge in [-0.1, -0.05) is 31.4 Å². The Morgan fingerprint density at radius 1 is 1.16 bits per heavy atom. The topological polar surface area (TPSA) is 63.4 Å². The third kappa shape index (κ3) is 2.44. The molecule has 1 atom stereocenters. The summed E-state index contributed by atoms with van der Waals surface area (Å²) in [5.74, 6) is 0. The third-order valence-electron chi connectivity index (χ3n) is 3.79. The Bertz CT molecular complexity index is 619. The van der Waals surface area contributed by atoms with Gasteiger partial charge >= 0.3 is 0 Å². The fourth-order valence-corrected chi connectivity index (χ4v) is 6.26. The molecule has 104 valence electrons. The number of hydrogen-bond acceptors (Lipinski definition) is 3. The van der Waals surface area contributed by atoms with Gasteiger partial charge < -0.3 is 4.90 Å². The van der Waals surface area contributed by atoms with Crippen LogP contribution >= 0.6 is 9.52 Å². The molecule has 1 aromatic carbocycles. The Kier molecular flexibility index (Phi) is 3.41. The van der Waals surface area contributed by atoms with E-state index in [1.165, 1.54) is 19.3 Å². The van der Waals surface area contributed by atoms with Gasteiger partial charge in [-0.3, -0.25) is 0 Å². The van der Waals surface area contributed by atoms with Gasteiger partial charge in [-0.2, -0.15) is 0 Å². The molecule has 1 fully saturated rings. The summed E-state index contributed by atoms with van der Waals surface area (Å²) in [5.41, 5.74) is 2.85. The summed E-state index contributed by atoms with van der Waals surface area (Å²) in [5, 5.41) is 5.37. The number of para-hydroxylation sites is 1. The predicted octanol–water partition coefficient (Wildman–Crippen LogP) is 2.43. The van der Waals surface area contributed by atoms with Crippen molar-refractivity contribution in [2.24, 2.45) is 5.14 Å². The molecule has 0 radical (unpaired) electrons. The molecule has 1 saturated carbocycles. The summed E-state index contributed by atoms with van der Waals surface area (Å²) in [6.07, 6.45) is 5.99. The van der Waals surface area contributed by atoms with E-state index in [0.717, 1.165) is 23.4 Å². The zero-order chi connectivity index (χ0) is 13.5. The van der Waals surface area contributed by atoms with Crippen molar-refractivity contribution in [3.63, 3.8) is 0 Å². The zero-order valence-corrected chi connectivity index (χ0v) is 12.3. The van der Waals surface area contributed by atoms with Gasteiger partial charge in [0.05, 0.1) is 5.69 Å². The fourth-order valence-electron chi connectivity index (χ4n) is 2.88. The molecular weight excluding hydrogens is 280 g/mol. The van der Waals surface area contributed by atoms with Crippen LogP contribution in [0.1, 0.15) is 32.1 Å². The first-order chi connectivity index (χ1) is 9.07. The van der Waals surface area contributed by atoms with E-state index < -0.39 is 18.6 Å². The SMILES string of the molecule is NS(=O)(=O)S1=CN(C2CCCCC2)c2ccccc21.